The Morgan fingerprint density at radius 2 is 2.14 bits per heavy atom. The fourth-order valence-corrected chi connectivity index (χ4v) is 3.90. The molecule has 0 spiro atoms. The second-order valence-electron chi connectivity index (χ2n) is 7.16. The van der Waals surface area contributed by atoms with Gasteiger partial charge in [0.1, 0.15) is 12.3 Å². The Bertz CT molecular complexity index is 804. The molecule has 0 radical (unpaired) electrons. The van der Waals surface area contributed by atoms with Crippen molar-refractivity contribution >= 4 is 5.91 Å². The van der Waals surface area contributed by atoms with Gasteiger partial charge in [-0.25, -0.2) is 4.68 Å². The smallest absolute Gasteiger partial charge is 0.244 e. The number of nitrogens with zero attached hydrogens (tertiary/aromatic N) is 6. The van der Waals surface area contributed by atoms with Gasteiger partial charge in [0.15, 0.2) is 5.82 Å². The lowest BCUT2D eigenvalue weighted by Crippen LogP contribution is -2.37. The Labute approximate surface area is 164 Å². The van der Waals surface area contributed by atoms with Crippen LogP contribution in [0, 0.1) is 0 Å². The van der Waals surface area contributed by atoms with E-state index in [1.807, 2.05) is 23.1 Å². The van der Waals surface area contributed by atoms with Gasteiger partial charge in [-0.2, -0.15) is 0 Å². The van der Waals surface area contributed by atoms with Crippen molar-refractivity contribution in [1.29, 1.82) is 0 Å². The standard InChI is InChI=1S/C19H26N6O3/c1-27-16-5-2-4-15(12-16)17-6-3-7-24(17)19(26)14-25-18(20-21-22-25)13-23-8-10-28-11-9-23/h2,4-5,12,17H,3,6-11,13-14H2,1H3/t17-/m0/s1. The molecule has 150 valence electrons. The third-order valence-electron chi connectivity index (χ3n) is 5.41. The van der Waals surface area contributed by atoms with Crippen LogP contribution in [0.5, 0.6) is 5.75 Å². The molecule has 3 heterocycles. The van der Waals surface area contributed by atoms with Crippen LogP contribution in [0.4, 0.5) is 0 Å². The van der Waals surface area contributed by atoms with E-state index < -0.39 is 0 Å². The van der Waals surface area contributed by atoms with Gasteiger partial charge < -0.3 is 14.4 Å². The quantitative estimate of drug-likeness (QED) is 0.728. The van der Waals surface area contributed by atoms with E-state index in [9.17, 15) is 4.79 Å². The summed E-state index contributed by atoms with van der Waals surface area (Å²) >= 11 is 0. The normalized spacial score (nSPS) is 20.5. The first kappa shape index (κ1) is 18.8. The number of methoxy groups -OCH3 is 1. The van der Waals surface area contributed by atoms with Crippen molar-refractivity contribution in [3.8, 4) is 5.75 Å². The van der Waals surface area contributed by atoms with Gasteiger partial charge >= 0.3 is 0 Å². The van der Waals surface area contributed by atoms with Crippen LogP contribution in [0.1, 0.15) is 30.3 Å². The molecule has 0 aliphatic carbocycles. The average molecular weight is 386 g/mol. The van der Waals surface area contributed by atoms with E-state index in [2.05, 4.69) is 26.5 Å². The van der Waals surface area contributed by atoms with Crippen LogP contribution in [0.2, 0.25) is 0 Å². The highest BCUT2D eigenvalue weighted by atomic mass is 16.5. The number of likely N-dealkylation sites (tertiary alicyclic amines) is 1. The Kier molecular flexibility index (Phi) is 5.82. The van der Waals surface area contributed by atoms with Crippen LogP contribution in [-0.4, -0.2) is 75.9 Å². The second kappa shape index (κ2) is 8.66. The largest absolute Gasteiger partial charge is 0.497 e. The first-order valence-corrected chi connectivity index (χ1v) is 9.73. The zero-order chi connectivity index (χ0) is 19.3. The number of rotatable bonds is 6. The SMILES string of the molecule is COc1cccc([C@@H]2CCCN2C(=O)Cn2nnnc2CN2CCOCC2)c1. The van der Waals surface area contributed by atoms with Crippen molar-refractivity contribution < 1.29 is 14.3 Å². The van der Waals surface area contributed by atoms with E-state index in [1.54, 1.807) is 11.8 Å². The molecular weight excluding hydrogens is 360 g/mol. The van der Waals surface area contributed by atoms with Gasteiger partial charge in [0.05, 0.1) is 32.9 Å². The predicted octanol–water partition coefficient (Wildman–Crippen LogP) is 0.878. The average Bonchev–Trinajstić information content (AvgIpc) is 3.39. The molecule has 2 aromatic rings. The van der Waals surface area contributed by atoms with Gasteiger partial charge in [0.2, 0.25) is 5.91 Å². The number of tetrazole rings is 1. The fraction of sp³-hybridized carbons (Fsp3) is 0.579. The molecule has 0 N–H and O–H groups in total. The van der Waals surface area contributed by atoms with E-state index >= 15 is 0 Å². The van der Waals surface area contributed by atoms with Crippen LogP contribution in [-0.2, 0) is 22.6 Å². The molecule has 0 unspecified atom stereocenters. The number of hydrogen-bond donors (Lipinski definition) is 0. The zero-order valence-corrected chi connectivity index (χ0v) is 16.2. The molecule has 9 nitrogen and oxygen atoms in total. The molecule has 2 aliphatic heterocycles. The lowest BCUT2D eigenvalue weighted by molar-refractivity contribution is -0.133. The van der Waals surface area contributed by atoms with Gasteiger partial charge in [-0.1, -0.05) is 12.1 Å². The molecule has 1 aromatic heterocycles. The minimum Gasteiger partial charge on any atom is -0.497 e. The molecule has 2 aliphatic rings. The molecule has 2 saturated heterocycles. The first-order chi connectivity index (χ1) is 13.7. The van der Waals surface area contributed by atoms with Crippen LogP contribution >= 0.6 is 0 Å². The Hall–Kier alpha value is -2.52. The van der Waals surface area contributed by atoms with E-state index in [0.717, 1.165) is 57.0 Å². The summed E-state index contributed by atoms with van der Waals surface area (Å²) in [5, 5.41) is 12.0. The number of morpholine rings is 1. The number of amides is 1. The summed E-state index contributed by atoms with van der Waals surface area (Å²) in [4.78, 5) is 17.2. The molecule has 1 amide bonds. The van der Waals surface area contributed by atoms with Crippen LogP contribution in [0.3, 0.4) is 0 Å². The van der Waals surface area contributed by atoms with E-state index in [0.29, 0.717) is 12.4 Å². The number of hydrogen-bond acceptors (Lipinski definition) is 7. The van der Waals surface area contributed by atoms with E-state index in [4.69, 9.17) is 9.47 Å². The van der Waals surface area contributed by atoms with Crippen molar-refractivity contribution in [2.45, 2.75) is 32.0 Å². The highest BCUT2D eigenvalue weighted by Crippen LogP contribution is 2.33. The number of carbonyl (C=O) groups excluding carboxylic acids is 1. The predicted molar refractivity (Wildman–Crippen MR) is 101 cm³/mol. The summed E-state index contributed by atoms with van der Waals surface area (Å²) in [6.07, 6.45) is 1.94. The van der Waals surface area contributed by atoms with Crippen LogP contribution < -0.4 is 4.74 Å². The molecular formula is C19H26N6O3. The van der Waals surface area contributed by atoms with Gasteiger partial charge in [0, 0.05) is 19.6 Å². The number of ether oxygens (including phenoxy) is 2. The second-order valence-corrected chi connectivity index (χ2v) is 7.16. The van der Waals surface area contributed by atoms with Gasteiger partial charge in [-0.3, -0.25) is 9.69 Å². The number of aromatic nitrogens is 4. The third kappa shape index (κ3) is 4.15. The van der Waals surface area contributed by atoms with Crippen molar-refractivity contribution in [3.05, 3.63) is 35.7 Å². The minimum absolute atomic E-state index is 0.0425. The lowest BCUT2D eigenvalue weighted by atomic mass is 10.0. The summed E-state index contributed by atoms with van der Waals surface area (Å²) in [6, 6.07) is 8.03. The maximum atomic E-state index is 13.0. The highest BCUT2D eigenvalue weighted by molar-refractivity contribution is 5.76. The molecule has 1 atom stereocenters. The van der Waals surface area contributed by atoms with Crippen molar-refractivity contribution in [2.24, 2.45) is 0 Å². The summed E-state index contributed by atoms with van der Waals surface area (Å²) in [7, 11) is 1.66. The maximum Gasteiger partial charge on any atom is 0.244 e. The summed E-state index contributed by atoms with van der Waals surface area (Å²) in [5.74, 6) is 1.57. The van der Waals surface area contributed by atoms with Gasteiger partial charge in [0.25, 0.3) is 0 Å². The Morgan fingerprint density at radius 3 is 2.96 bits per heavy atom. The van der Waals surface area contributed by atoms with Gasteiger partial charge in [-0.05, 0) is 41.0 Å². The monoisotopic (exact) mass is 386 g/mol. The Morgan fingerprint density at radius 1 is 1.29 bits per heavy atom. The third-order valence-corrected chi connectivity index (χ3v) is 5.41. The zero-order valence-electron chi connectivity index (χ0n) is 16.2. The highest BCUT2D eigenvalue weighted by Gasteiger charge is 2.31. The molecule has 2 fully saturated rings. The Balaban J connectivity index is 1.44. The van der Waals surface area contributed by atoms with Crippen molar-refractivity contribution in [3.63, 3.8) is 0 Å². The van der Waals surface area contributed by atoms with Crippen molar-refractivity contribution in [1.82, 2.24) is 30.0 Å². The van der Waals surface area contributed by atoms with Crippen molar-refractivity contribution in [2.75, 3.05) is 40.0 Å². The van der Waals surface area contributed by atoms with E-state index in [1.165, 1.54) is 0 Å². The molecule has 0 bridgehead atoms. The van der Waals surface area contributed by atoms with Crippen LogP contribution in [0.15, 0.2) is 24.3 Å². The van der Waals surface area contributed by atoms with Gasteiger partial charge in [-0.15, -0.1) is 5.10 Å². The molecule has 9 heteroatoms. The fourth-order valence-electron chi connectivity index (χ4n) is 3.90. The molecule has 4 rings (SSSR count). The summed E-state index contributed by atoms with van der Waals surface area (Å²) in [6.45, 7) is 4.68. The van der Waals surface area contributed by atoms with Crippen LogP contribution in [0.25, 0.3) is 0 Å². The van der Waals surface area contributed by atoms with E-state index in [-0.39, 0.29) is 18.5 Å². The number of carbonyl (C=O) groups is 1. The topological polar surface area (TPSA) is 85.6 Å². The lowest BCUT2D eigenvalue weighted by Gasteiger charge is -2.27. The molecule has 1 aromatic carbocycles. The summed E-state index contributed by atoms with van der Waals surface area (Å²) < 4.78 is 12.3. The molecule has 28 heavy (non-hydrogen) atoms. The maximum absolute atomic E-state index is 13.0. The first-order valence-electron chi connectivity index (χ1n) is 9.73. The molecule has 0 saturated carbocycles. The summed E-state index contributed by atoms with van der Waals surface area (Å²) in [5.41, 5.74) is 1.11. The minimum atomic E-state index is 0.0425. The number of benzene rings is 1.